The number of nitrogens with one attached hydrogen (secondary N) is 1. The van der Waals surface area contributed by atoms with E-state index in [1.807, 2.05) is 13.8 Å². The Kier molecular flexibility index (Phi) is 5.82. The highest BCUT2D eigenvalue weighted by atomic mass is 32.2. The molecule has 2 aromatic rings. The van der Waals surface area contributed by atoms with E-state index in [4.69, 9.17) is 0 Å². The summed E-state index contributed by atoms with van der Waals surface area (Å²) in [6.07, 6.45) is 0. The van der Waals surface area contributed by atoms with Crippen molar-refractivity contribution < 1.29 is 16.8 Å². The Morgan fingerprint density at radius 3 is 2.17 bits per heavy atom. The summed E-state index contributed by atoms with van der Waals surface area (Å²) < 4.78 is 52.9. The van der Waals surface area contributed by atoms with Gasteiger partial charge < -0.3 is 0 Å². The van der Waals surface area contributed by atoms with E-state index in [1.165, 1.54) is 24.5 Å². The highest BCUT2D eigenvalue weighted by molar-refractivity contribution is 7.91. The third-order valence-corrected chi connectivity index (χ3v) is 8.25. The van der Waals surface area contributed by atoms with Gasteiger partial charge in [-0.05, 0) is 38.1 Å². The zero-order valence-corrected chi connectivity index (χ0v) is 16.1. The normalized spacial score (nSPS) is 12.7. The van der Waals surface area contributed by atoms with Gasteiger partial charge in [-0.15, -0.1) is 11.3 Å². The van der Waals surface area contributed by atoms with E-state index in [2.05, 4.69) is 4.72 Å². The smallest absolute Gasteiger partial charge is 0.209 e. The molecule has 2 rings (SSSR count). The molecule has 0 aliphatic rings. The quantitative estimate of drug-likeness (QED) is 0.786. The van der Waals surface area contributed by atoms with Crippen LogP contribution in [0.5, 0.6) is 0 Å². The Hall–Kier alpha value is -1.26. The molecule has 6 nitrogen and oxygen atoms in total. The van der Waals surface area contributed by atoms with Crippen molar-refractivity contribution in [1.82, 2.24) is 9.03 Å². The SMILES string of the molecule is Cc1ccc(S(=O)(=O)N(C)CCNS(=O)(=O)c2ccc(C)s2)cc1. The zero-order valence-electron chi connectivity index (χ0n) is 13.7. The van der Waals surface area contributed by atoms with Crippen LogP contribution in [0.25, 0.3) is 0 Å². The standard InChI is InChI=1S/C15H20N2O4S3/c1-12-4-7-14(8-5-12)24(20,21)17(3)11-10-16-23(18,19)15-9-6-13(2)22-15/h4-9,16H,10-11H2,1-3H3. The van der Waals surface area contributed by atoms with E-state index in [-0.39, 0.29) is 22.2 Å². The third-order valence-electron chi connectivity index (χ3n) is 3.43. The highest BCUT2D eigenvalue weighted by Gasteiger charge is 2.21. The minimum atomic E-state index is -3.63. The molecule has 0 radical (unpaired) electrons. The molecule has 0 amide bonds. The molecule has 132 valence electrons. The molecule has 1 aromatic heterocycles. The second-order valence-electron chi connectivity index (χ2n) is 5.40. The second kappa shape index (κ2) is 7.32. The van der Waals surface area contributed by atoms with E-state index in [1.54, 1.807) is 30.3 Å². The maximum Gasteiger partial charge on any atom is 0.250 e. The Morgan fingerprint density at radius 2 is 1.62 bits per heavy atom. The topological polar surface area (TPSA) is 83.6 Å². The van der Waals surface area contributed by atoms with Crippen LogP contribution >= 0.6 is 11.3 Å². The van der Waals surface area contributed by atoms with Crippen molar-refractivity contribution >= 4 is 31.4 Å². The Balaban J connectivity index is 2.00. The molecule has 9 heteroatoms. The average Bonchev–Trinajstić information content (AvgIpc) is 2.95. The summed E-state index contributed by atoms with van der Waals surface area (Å²) in [6, 6.07) is 9.80. The average molecular weight is 389 g/mol. The van der Waals surface area contributed by atoms with E-state index < -0.39 is 20.0 Å². The molecule has 1 N–H and O–H groups in total. The van der Waals surface area contributed by atoms with Gasteiger partial charge in [-0.3, -0.25) is 0 Å². The largest absolute Gasteiger partial charge is 0.250 e. The van der Waals surface area contributed by atoms with Gasteiger partial charge >= 0.3 is 0 Å². The van der Waals surface area contributed by atoms with Crippen LogP contribution in [0.15, 0.2) is 45.5 Å². The first-order valence-electron chi connectivity index (χ1n) is 7.22. The Morgan fingerprint density at radius 1 is 1.00 bits per heavy atom. The fraction of sp³-hybridized carbons (Fsp3) is 0.333. The van der Waals surface area contributed by atoms with Gasteiger partial charge in [0.2, 0.25) is 20.0 Å². The van der Waals surface area contributed by atoms with Crippen LogP contribution in [0, 0.1) is 13.8 Å². The van der Waals surface area contributed by atoms with Crippen LogP contribution in [0.1, 0.15) is 10.4 Å². The summed E-state index contributed by atoms with van der Waals surface area (Å²) in [6.45, 7) is 3.74. The van der Waals surface area contributed by atoms with Crippen molar-refractivity contribution in [3.63, 3.8) is 0 Å². The van der Waals surface area contributed by atoms with Crippen molar-refractivity contribution in [3.8, 4) is 0 Å². The number of hydrogen-bond donors (Lipinski definition) is 1. The number of aryl methyl sites for hydroxylation is 2. The van der Waals surface area contributed by atoms with Crippen LogP contribution in [-0.2, 0) is 20.0 Å². The molecule has 1 aromatic carbocycles. The van der Waals surface area contributed by atoms with Gasteiger partial charge in [0.25, 0.3) is 0 Å². The molecule has 0 aliphatic heterocycles. The molecule has 24 heavy (non-hydrogen) atoms. The zero-order chi connectivity index (χ0) is 18.0. The summed E-state index contributed by atoms with van der Waals surface area (Å²) in [5, 5.41) is 0. The number of thiophene rings is 1. The van der Waals surface area contributed by atoms with Gasteiger partial charge in [0.05, 0.1) is 4.90 Å². The van der Waals surface area contributed by atoms with E-state index >= 15 is 0 Å². The Bertz CT molecular complexity index is 900. The number of sulfonamides is 2. The Labute approximate surface area is 147 Å². The van der Waals surface area contributed by atoms with Crippen molar-refractivity contribution in [2.45, 2.75) is 23.0 Å². The monoisotopic (exact) mass is 388 g/mol. The summed E-state index contributed by atoms with van der Waals surface area (Å²) in [4.78, 5) is 1.08. The molecule has 0 fully saturated rings. The van der Waals surface area contributed by atoms with Crippen molar-refractivity contribution in [2.24, 2.45) is 0 Å². The predicted molar refractivity (Wildman–Crippen MR) is 95.2 cm³/mol. The number of benzene rings is 1. The predicted octanol–water partition coefficient (Wildman–Crippen LogP) is 1.96. The van der Waals surface area contributed by atoms with Crippen LogP contribution in [0.4, 0.5) is 0 Å². The molecule has 0 spiro atoms. The van der Waals surface area contributed by atoms with Crippen LogP contribution < -0.4 is 4.72 Å². The lowest BCUT2D eigenvalue weighted by molar-refractivity contribution is 0.469. The van der Waals surface area contributed by atoms with Crippen molar-refractivity contribution in [1.29, 1.82) is 0 Å². The number of rotatable bonds is 7. The lowest BCUT2D eigenvalue weighted by Gasteiger charge is -2.17. The molecular weight excluding hydrogens is 368 g/mol. The molecule has 0 saturated carbocycles. The fourth-order valence-electron chi connectivity index (χ4n) is 1.98. The lowest BCUT2D eigenvalue weighted by atomic mass is 10.2. The minimum Gasteiger partial charge on any atom is -0.209 e. The first kappa shape index (κ1) is 19.1. The van der Waals surface area contributed by atoms with Crippen molar-refractivity contribution in [3.05, 3.63) is 46.8 Å². The number of hydrogen-bond acceptors (Lipinski definition) is 5. The van der Waals surface area contributed by atoms with Gasteiger partial charge in [0.15, 0.2) is 0 Å². The molecule has 1 heterocycles. The minimum absolute atomic E-state index is 0.000865. The van der Waals surface area contributed by atoms with Gasteiger partial charge in [-0.1, -0.05) is 17.7 Å². The number of nitrogens with zero attached hydrogens (tertiary/aromatic N) is 1. The highest BCUT2D eigenvalue weighted by Crippen LogP contribution is 2.20. The summed E-state index contributed by atoms with van der Waals surface area (Å²) in [5.41, 5.74) is 0.968. The fourth-order valence-corrected chi connectivity index (χ4v) is 5.50. The van der Waals surface area contributed by atoms with Crippen LogP contribution in [-0.4, -0.2) is 41.3 Å². The summed E-state index contributed by atoms with van der Waals surface area (Å²) in [5.74, 6) is 0. The van der Waals surface area contributed by atoms with Gasteiger partial charge in [-0.25, -0.2) is 21.6 Å². The van der Waals surface area contributed by atoms with Crippen LogP contribution in [0.3, 0.4) is 0 Å². The van der Waals surface area contributed by atoms with Gasteiger partial charge in [0.1, 0.15) is 4.21 Å². The number of likely N-dealkylation sites (N-methyl/N-ethyl adjacent to an activating group) is 1. The first-order valence-corrected chi connectivity index (χ1v) is 11.0. The molecule has 0 bridgehead atoms. The summed E-state index contributed by atoms with van der Waals surface area (Å²) >= 11 is 1.17. The molecule has 0 atom stereocenters. The molecule has 0 aliphatic carbocycles. The summed E-state index contributed by atoms with van der Waals surface area (Å²) in [7, 11) is -5.81. The van der Waals surface area contributed by atoms with E-state index in [0.29, 0.717) is 0 Å². The second-order valence-corrected chi connectivity index (χ2v) is 10.7. The maximum atomic E-state index is 12.4. The van der Waals surface area contributed by atoms with E-state index in [9.17, 15) is 16.8 Å². The third kappa shape index (κ3) is 4.42. The maximum absolute atomic E-state index is 12.4. The van der Waals surface area contributed by atoms with Gasteiger partial charge in [0, 0.05) is 25.0 Å². The van der Waals surface area contributed by atoms with Crippen LogP contribution in [0.2, 0.25) is 0 Å². The first-order chi connectivity index (χ1) is 11.1. The van der Waals surface area contributed by atoms with E-state index in [0.717, 1.165) is 14.7 Å². The van der Waals surface area contributed by atoms with Gasteiger partial charge in [-0.2, -0.15) is 4.31 Å². The molecule has 0 saturated heterocycles. The lowest BCUT2D eigenvalue weighted by Crippen LogP contribution is -2.36. The molecule has 0 unspecified atom stereocenters. The van der Waals surface area contributed by atoms with Crippen molar-refractivity contribution in [2.75, 3.05) is 20.1 Å². The molecular formula is C15H20N2O4S3.